The van der Waals surface area contributed by atoms with Crippen LogP contribution in [0.5, 0.6) is 0 Å². The smallest absolute Gasteiger partial charge is 0.410 e. The Morgan fingerprint density at radius 1 is 1.02 bits per heavy atom. The number of oxazole rings is 1. The number of fused-ring (bicyclic) bond motifs is 1. The summed E-state index contributed by atoms with van der Waals surface area (Å²) in [5.74, 6) is 0.117. The van der Waals surface area contributed by atoms with Gasteiger partial charge >= 0.3 is 6.09 Å². The second-order valence-corrected chi connectivity index (χ2v) is 14.5. The van der Waals surface area contributed by atoms with E-state index >= 15 is 0 Å². The molecule has 1 saturated heterocycles. The number of aromatic nitrogens is 1. The molecule has 0 bridgehead atoms. The Morgan fingerprint density at radius 3 is 2.56 bits per heavy atom. The number of hydrogen-bond donors (Lipinski definition) is 1. The predicted molar refractivity (Wildman–Crippen MR) is 156 cm³/mol. The van der Waals surface area contributed by atoms with E-state index in [1.807, 2.05) is 36.4 Å². The molecule has 12 heteroatoms. The zero-order valence-electron chi connectivity index (χ0n) is 23.2. The highest BCUT2D eigenvalue weighted by molar-refractivity contribution is 7.91. The summed E-state index contributed by atoms with van der Waals surface area (Å²) in [6, 6.07) is 17.5. The molecule has 0 atom stereocenters. The molecular formula is C31H30ClN3O7S. The summed E-state index contributed by atoms with van der Waals surface area (Å²) in [4.78, 5) is 31.1. The molecule has 2 amide bonds. The Labute approximate surface area is 253 Å². The normalized spacial score (nSPS) is 23.4. The number of benzene rings is 2. The first-order chi connectivity index (χ1) is 20.6. The molecule has 1 N–H and O–H groups in total. The summed E-state index contributed by atoms with van der Waals surface area (Å²) in [6.07, 6.45) is 3.12. The summed E-state index contributed by atoms with van der Waals surface area (Å²) in [5, 5.41) is 3.35. The number of furan rings is 1. The molecule has 0 unspecified atom stereocenters. The highest BCUT2D eigenvalue weighted by atomic mass is 35.5. The van der Waals surface area contributed by atoms with Crippen LogP contribution in [0.15, 0.2) is 74.6 Å². The average Bonchev–Trinajstić information content (AvgIpc) is 3.58. The van der Waals surface area contributed by atoms with Crippen LogP contribution in [0.1, 0.15) is 53.6 Å². The molecule has 2 aromatic carbocycles. The van der Waals surface area contributed by atoms with Gasteiger partial charge in [-0.05, 0) is 67.0 Å². The third-order valence-electron chi connectivity index (χ3n) is 8.76. The van der Waals surface area contributed by atoms with Crippen molar-refractivity contribution in [1.29, 1.82) is 0 Å². The van der Waals surface area contributed by atoms with Crippen molar-refractivity contribution < 1.29 is 31.6 Å². The highest BCUT2D eigenvalue weighted by Crippen LogP contribution is 2.61. The lowest BCUT2D eigenvalue weighted by Gasteiger charge is -2.57. The molecule has 10 nitrogen and oxygen atoms in total. The van der Waals surface area contributed by atoms with Crippen LogP contribution in [0.3, 0.4) is 0 Å². The minimum atomic E-state index is -3.76. The van der Waals surface area contributed by atoms with Crippen LogP contribution in [0.25, 0.3) is 11.1 Å². The molecule has 43 heavy (non-hydrogen) atoms. The third kappa shape index (κ3) is 5.63. The molecule has 1 aliphatic heterocycles. The maximum Gasteiger partial charge on any atom is 0.410 e. The second kappa shape index (κ2) is 10.7. The number of likely N-dealkylation sites (tertiary alicyclic amines) is 1. The summed E-state index contributed by atoms with van der Waals surface area (Å²) in [6.45, 7) is 0.729. The third-order valence-corrected chi connectivity index (χ3v) is 10.7. The minimum Gasteiger partial charge on any atom is -0.445 e. The number of sulfone groups is 1. The maximum absolute atomic E-state index is 12.9. The molecule has 224 valence electrons. The van der Waals surface area contributed by atoms with Crippen molar-refractivity contribution in [3.05, 3.63) is 82.9 Å². The number of carbonyl (C=O) groups excluding carboxylic acids is 2. The van der Waals surface area contributed by atoms with Crippen LogP contribution in [0.2, 0.25) is 5.02 Å². The Kier molecular flexibility index (Phi) is 6.97. The van der Waals surface area contributed by atoms with Gasteiger partial charge in [0.1, 0.15) is 12.1 Å². The number of rotatable bonds is 8. The van der Waals surface area contributed by atoms with Crippen LogP contribution in [0, 0.1) is 11.3 Å². The Hall–Kier alpha value is -3.83. The zero-order chi connectivity index (χ0) is 29.8. The van der Waals surface area contributed by atoms with E-state index in [2.05, 4.69) is 10.3 Å². The van der Waals surface area contributed by atoms with Crippen molar-refractivity contribution in [2.45, 2.75) is 49.3 Å². The van der Waals surface area contributed by atoms with Gasteiger partial charge in [0, 0.05) is 36.0 Å². The molecule has 0 radical (unpaired) electrons. The van der Waals surface area contributed by atoms with Gasteiger partial charge in [-0.3, -0.25) is 4.79 Å². The van der Waals surface area contributed by atoms with Crippen LogP contribution < -0.4 is 5.32 Å². The quantitative estimate of drug-likeness (QED) is 0.269. The number of hydrogen-bond acceptors (Lipinski definition) is 8. The first-order valence-corrected chi connectivity index (χ1v) is 16.3. The van der Waals surface area contributed by atoms with E-state index in [1.54, 1.807) is 12.1 Å². The largest absolute Gasteiger partial charge is 0.445 e. The fraction of sp³-hybridized carbons (Fsp3) is 0.387. The van der Waals surface area contributed by atoms with Crippen molar-refractivity contribution in [2.75, 3.05) is 18.8 Å². The topological polar surface area (TPSA) is 132 Å². The van der Waals surface area contributed by atoms with E-state index in [9.17, 15) is 18.0 Å². The van der Waals surface area contributed by atoms with Crippen LogP contribution in [-0.4, -0.2) is 55.2 Å². The summed E-state index contributed by atoms with van der Waals surface area (Å²) in [7, 11) is -3.76. The standard InChI is InChI=1S/C31H30ClN3O7S/c32-22-6-7-25-24(10-22)34-29(42-25)21-11-31(12-21)13-23(14-31)33-28(36)26-8-9-27(41-26)43(38,39)18-20-15-35(16-20)30(37)40-17-19-4-2-1-3-5-19/h1-10,20-21,23H,11-18H2,(H,33,36). The maximum atomic E-state index is 12.9. The second-order valence-electron chi connectivity index (χ2n) is 12.1. The molecule has 3 aliphatic rings. The molecule has 2 aromatic heterocycles. The number of nitrogens with zero attached hydrogens (tertiary/aromatic N) is 2. The summed E-state index contributed by atoms with van der Waals surface area (Å²) >= 11 is 6.06. The van der Waals surface area contributed by atoms with Crippen molar-refractivity contribution >= 4 is 44.5 Å². The zero-order valence-corrected chi connectivity index (χ0v) is 24.8. The molecule has 7 rings (SSSR count). The van der Waals surface area contributed by atoms with Gasteiger partial charge in [0.2, 0.25) is 14.9 Å². The molecule has 2 saturated carbocycles. The SMILES string of the molecule is O=C(NC1CC2(C1)CC(c1nc3cc(Cl)ccc3o1)C2)c1ccc(S(=O)(=O)CC2CN(C(=O)OCc3ccccc3)C2)o1. The molecule has 3 fully saturated rings. The van der Waals surface area contributed by atoms with Crippen molar-refractivity contribution in [1.82, 2.24) is 15.2 Å². The molecule has 3 heterocycles. The van der Waals surface area contributed by atoms with E-state index in [4.69, 9.17) is 25.2 Å². The lowest BCUT2D eigenvalue weighted by molar-refractivity contribution is -0.0256. The summed E-state index contributed by atoms with van der Waals surface area (Å²) < 4.78 is 42.5. The van der Waals surface area contributed by atoms with Gasteiger partial charge in [0.25, 0.3) is 5.91 Å². The molecule has 1 spiro atoms. The van der Waals surface area contributed by atoms with E-state index in [1.165, 1.54) is 17.0 Å². The van der Waals surface area contributed by atoms with Gasteiger partial charge in [0.15, 0.2) is 17.2 Å². The van der Waals surface area contributed by atoms with Gasteiger partial charge in [-0.2, -0.15) is 0 Å². The number of halogens is 1. The number of carbonyl (C=O) groups is 2. The molecule has 4 aromatic rings. The van der Waals surface area contributed by atoms with E-state index < -0.39 is 21.8 Å². The van der Waals surface area contributed by atoms with Crippen LogP contribution in [0.4, 0.5) is 4.79 Å². The van der Waals surface area contributed by atoms with Crippen molar-refractivity contribution in [2.24, 2.45) is 11.3 Å². The Bertz CT molecular complexity index is 1780. The van der Waals surface area contributed by atoms with E-state index in [0.717, 1.165) is 48.2 Å². The Morgan fingerprint density at radius 2 is 1.79 bits per heavy atom. The lowest BCUT2D eigenvalue weighted by atomic mass is 9.50. The number of ether oxygens (including phenoxy) is 1. The Balaban J connectivity index is 0.853. The van der Waals surface area contributed by atoms with Crippen LogP contribution >= 0.6 is 11.6 Å². The van der Waals surface area contributed by atoms with Gasteiger partial charge in [0.05, 0.1) is 5.75 Å². The van der Waals surface area contributed by atoms with E-state index in [-0.39, 0.29) is 59.6 Å². The number of amides is 2. The molecular weight excluding hydrogens is 594 g/mol. The average molecular weight is 624 g/mol. The van der Waals surface area contributed by atoms with Crippen molar-refractivity contribution in [3.8, 4) is 0 Å². The minimum absolute atomic E-state index is 0.00338. The summed E-state index contributed by atoms with van der Waals surface area (Å²) in [5.41, 5.74) is 2.54. The number of nitrogens with one attached hydrogen (secondary N) is 1. The van der Waals surface area contributed by atoms with Gasteiger partial charge < -0.3 is 23.8 Å². The van der Waals surface area contributed by atoms with Gasteiger partial charge in [-0.25, -0.2) is 18.2 Å². The highest BCUT2D eigenvalue weighted by Gasteiger charge is 2.54. The first-order valence-electron chi connectivity index (χ1n) is 14.3. The monoisotopic (exact) mass is 623 g/mol. The van der Waals surface area contributed by atoms with Crippen molar-refractivity contribution in [3.63, 3.8) is 0 Å². The van der Waals surface area contributed by atoms with E-state index in [0.29, 0.717) is 5.02 Å². The first kappa shape index (κ1) is 28.0. The van der Waals surface area contributed by atoms with Gasteiger partial charge in [-0.1, -0.05) is 41.9 Å². The lowest BCUT2D eigenvalue weighted by Crippen LogP contribution is -2.55. The van der Waals surface area contributed by atoms with Crippen LogP contribution in [-0.2, 0) is 21.2 Å². The fourth-order valence-corrected chi connectivity index (χ4v) is 8.22. The predicted octanol–water partition coefficient (Wildman–Crippen LogP) is 5.57. The van der Waals surface area contributed by atoms with Gasteiger partial charge in [-0.15, -0.1) is 0 Å². The molecule has 2 aliphatic carbocycles. The fourth-order valence-electron chi connectivity index (χ4n) is 6.57.